The van der Waals surface area contributed by atoms with Gasteiger partial charge in [-0.2, -0.15) is 0 Å². The van der Waals surface area contributed by atoms with E-state index in [0.29, 0.717) is 52.3 Å². The second kappa shape index (κ2) is 11.2. The van der Waals surface area contributed by atoms with Gasteiger partial charge in [-0.25, -0.2) is 9.97 Å². The number of nitrogens with zero attached hydrogens (tertiary/aromatic N) is 3. The van der Waals surface area contributed by atoms with Crippen molar-refractivity contribution >= 4 is 22.6 Å². The van der Waals surface area contributed by atoms with Gasteiger partial charge in [0.2, 0.25) is 5.88 Å². The van der Waals surface area contributed by atoms with E-state index < -0.39 is 6.10 Å². The number of methoxy groups -OCH3 is 2. The van der Waals surface area contributed by atoms with E-state index in [1.54, 1.807) is 30.5 Å². The fraction of sp³-hybridized carbons (Fsp3) is 0.440. The summed E-state index contributed by atoms with van der Waals surface area (Å²) in [4.78, 5) is 11.1. The van der Waals surface area contributed by atoms with Crippen LogP contribution in [0.4, 0.5) is 0 Å². The summed E-state index contributed by atoms with van der Waals surface area (Å²) in [6.07, 6.45) is 2.97. The highest BCUT2D eigenvalue weighted by Gasteiger charge is 2.25. The molecule has 2 unspecified atom stereocenters. The normalized spacial score (nSPS) is 17.6. The Labute approximate surface area is 204 Å². The SMILES string of the molecule is COc1cnc2ccc(Cl)c(C(O)CN3CCCC(CNCc4ccc(OC)c(O)c4)C3)c2n1. The van der Waals surface area contributed by atoms with Crippen molar-refractivity contribution in [2.45, 2.75) is 25.5 Å². The highest BCUT2D eigenvalue weighted by molar-refractivity contribution is 6.32. The van der Waals surface area contributed by atoms with E-state index in [1.165, 1.54) is 14.2 Å². The molecule has 1 fully saturated rings. The van der Waals surface area contributed by atoms with Crippen molar-refractivity contribution in [3.05, 3.63) is 52.7 Å². The number of phenols is 1. The number of aliphatic hydroxyl groups excluding tert-OH is 1. The van der Waals surface area contributed by atoms with E-state index in [2.05, 4.69) is 20.2 Å². The van der Waals surface area contributed by atoms with Crippen molar-refractivity contribution in [2.75, 3.05) is 40.4 Å². The lowest BCUT2D eigenvalue weighted by Gasteiger charge is -2.34. The summed E-state index contributed by atoms with van der Waals surface area (Å²) in [6, 6.07) is 8.99. The minimum Gasteiger partial charge on any atom is -0.504 e. The summed E-state index contributed by atoms with van der Waals surface area (Å²) in [5, 5.41) is 25.0. The van der Waals surface area contributed by atoms with Gasteiger partial charge < -0.3 is 29.9 Å². The zero-order chi connectivity index (χ0) is 24.1. The van der Waals surface area contributed by atoms with Gasteiger partial charge >= 0.3 is 0 Å². The highest BCUT2D eigenvalue weighted by atomic mass is 35.5. The van der Waals surface area contributed by atoms with Crippen LogP contribution in [0.5, 0.6) is 17.4 Å². The van der Waals surface area contributed by atoms with Crippen LogP contribution in [0.3, 0.4) is 0 Å². The van der Waals surface area contributed by atoms with Crippen molar-refractivity contribution < 1.29 is 19.7 Å². The minimum atomic E-state index is -0.786. The largest absolute Gasteiger partial charge is 0.504 e. The minimum absolute atomic E-state index is 0.147. The molecule has 0 bridgehead atoms. The predicted molar refractivity (Wildman–Crippen MR) is 132 cm³/mol. The first-order chi connectivity index (χ1) is 16.5. The number of β-amino-alcohol motifs (C(OH)–C–C–N with tert-alkyl or cyclic N) is 1. The van der Waals surface area contributed by atoms with Crippen LogP contribution in [-0.4, -0.2) is 65.5 Å². The Balaban J connectivity index is 1.36. The summed E-state index contributed by atoms with van der Waals surface area (Å²) in [7, 11) is 3.08. The molecule has 182 valence electrons. The van der Waals surface area contributed by atoms with Gasteiger partial charge in [-0.05, 0) is 61.7 Å². The molecular weight excluding hydrogens is 456 g/mol. The lowest BCUT2D eigenvalue weighted by Crippen LogP contribution is -2.41. The van der Waals surface area contributed by atoms with E-state index in [1.807, 2.05) is 6.07 Å². The quantitative estimate of drug-likeness (QED) is 0.422. The Morgan fingerprint density at radius 1 is 1.24 bits per heavy atom. The summed E-state index contributed by atoms with van der Waals surface area (Å²) in [6.45, 7) is 3.81. The molecule has 4 rings (SSSR count). The number of rotatable bonds is 9. The molecule has 0 radical (unpaired) electrons. The van der Waals surface area contributed by atoms with Gasteiger partial charge in [0.15, 0.2) is 11.5 Å². The van der Waals surface area contributed by atoms with Gasteiger partial charge in [-0.1, -0.05) is 17.7 Å². The maximum absolute atomic E-state index is 11.1. The molecule has 3 aromatic rings. The first-order valence-electron chi connectivity index (χ1n) is 11.4. The topological polar surface area (TPSA) is 100.0 Å². The van der Waals surface area contributed by atoms with Crippen molar-refractivity contribution in [1.82, 2.24) is 20.2 Å². The lowest BCUT2D eigenvalue weighted by atomic mass is 9.96. The number of aliphatic hydroxyl groups is 1. The fourth-order valence-electron chi connectivity index (χ4n) is 4.56. The van der Waals surface area contributed by atoms with Crippen LogP contribution in [0.15, 0.2) is 36.5 Å². The van der Waals surface area contributed by atoms with E-state index >= 15 is 0 Å². The molecule has 0 saturated carbocycles. The molecule has 1 aliphatic rings. The average molecular weight is 487 g/mol. The first kappa shape index (κ1) is 24.5. The maximum Gasteiger partial charge on any atom is 0.232 e. The van der Waals surface area contributed by atoms with Crippen molar-refractivity contribution in [3.8, 4) is 17.4 Å². The first-order valence-corrected chi connectivity index (χ1v) is 11.8. The highest BCUT2D eigenvalue weighted by Crippen LogP contribution is 2.32. The molecule has 8 nitrogen and oxygen atoms in total. The van der Waals surface area contributed by atoms with Gasteiger partial charge in [-0.15, -0.1) is 0 Å². The van der Waals surface area contributed by atoms with Crippen LogP contribution in [0.2, 0.25) is 5.02 Å². The number of hydrogen-bond acceptors (Lipinski definition) is 8. The molecule has 1 aromatic heterocycles. The van der Waals surface area contributed by atoms with Gasteiger partial charge in [0, 0.05) is 30.2 Å². The Bertz CT molecular complexity index is 1130. The van der Waals surface area contributed by atoms with Crippen molar-refractivity contribution in [2.24, 2.45) is 5.92 Å². The third-order valence-corrected chi connectivity index (χ3v) is 6.59. The number of aromatic nitrogens is 2. The van der Waals surface area contributed by atoms with Crippen molar-refractivity contribution in [1.29, 1.82) is 0 Å². The number of likely N-dealkylation sites (tertiary alicyclic amines) is 1. The third kappa shape index (κ3) is 5.70. The van der Waals surface area contributed by atoms with Gasteiger partial charge in [0.05, 0.1) is 32.0 Å². The van der Waals surface area contributed by atoms with Crippen LogP contribution in [0.25, 0.3) is 11.0 Å². The smallest absolute Gasteiger partial charge is 0.232 e. The van der Waals surface area contributed by atoms with Gasteiger partial charge in [-0.3, -0.25) is 0 Å². The van der Waals surface area contributed by atoms with Crippen LogP contribution < -0.4 is 14.8 Å². The average Bonchev–Trinajstić information content (AvgIpc) is 2.84. The van der Waals surface area contributed by atoms with Gasteiger partial charge in [0.1, 0.15) is 5.52 Å². The number of nitrogens with one attached hydrogen (secondary N) is 1. The number of fused-ring (bicyclic) bond motifs is 1. The summed E-state index contributed by atoms with van der Waals surface area (Å²) in [5.41, 5.74) is 2.83. The molecule has 34 heavy (non-hydrogen) atoms. The number of hydrogen-bond donors (Lipinski definition) is 3. The zero-order valence-electron chi connectivity index (χ0n) is 19.5. The molecule has 3 N–H and O–H groups in total. The number of halogens is 1. The molecular formula is C25H31ClN4O4. The summed E-state index contributed by atoms with van der Waals surface area (Å²) in [5.74, 6) is 1.48. The summed E-state index contributed by atoms with van der Waals surface area (Å²) < 4.78 is 10.3. The molecule has 1 saturated heterocycles. The second-order valence-electron chi connectivity index (χ2n) is 8.66. The predicted octanol–water partition coefficient (Wildman–Crippen LogP) is 3.54. The van der Waals surface area contributed by atoms with E-state index in [-0.39, 0.29) is 5.75 Å². The zero-order valence-corrected chi connectivity index (χ0v) is 20.3. The Kier molecular flexibility index (Phi) is 8.05. The van der Waals surface area contributed by atoms with Crippen LogP contribution in [0, 0.1) is 5.92 Å². The van der Waals surface area contributed by atoms with Crippen molar-refractivity contribution in [3.63, 3.8) is 0 Å². The number of ether oxygens (including phenoxy) is 2. The lowest BCUT2D eigenvalue weighted by molar-refractivity contribution is 0.0848. The Morgan fingerprint density at radius 3 is 2.85 bits per heavy atom. The molecule has 0 spiro atoms. The monoisotopic (exact) mass is 486 g/mol. The van der Waals surface area contributed by atoms with E-state index in [4.69, 9.17) is 21.1 Å². The maximum atomic E-state index is 11.1. The molecule has 0 aliphatic carbocycles. The van der Waals surface area contributed by atoms with E-state index in [9.17, 15) is 10.2 Å². The molecule has 1 aliphatic heterocycles. The van der Waals surface area contributed by atoms with Gasteiger partial charge in [0.25, 0.3) is 0 Å². The number of benzene rings is 2. The van der Waals surface area contributed by atoms with Crippen LogP contribution in [0.1, 0.15) is 30.1 Å². The molecule has 2 atom stereocenters. The third-order valence-electron chi connectivity index (χ3n) is 6.26. The standard InChI is InChI=1S/C25H31ClN4O4/c1-33-22-8-5-16(10-20(22)31)11-27-12-17-4-3-9-30(14-17)15-21(32)24-18(26)6-7-19-25(24)29-23(34-2)13-28-19/h5-8,10,13,17,21,27,31-32H,3-4,9,11-12,14-15H2,1-2H3. The van der Waals surface area contributed by atoms with Crippen LogP contribution in [-0.2, 0) is 6.54 Å². The molecule has 0 amide bonds. The second-order valence-corrected chi connectivity index (χ2v) is 9.07. The van der Waals surface area contributed by atoms with Crippen LogP contribution >= 0.6 is 11.6 Å². The summed E-state index contributed by atoms with van der Waals surface area (Å²) >= 11 is 6.47. The fourth-order valence-corrected chi connectivity index (χ4v) is 4.84. The molecule has 2 aromatic carbocycles. The number of aromatic hydroxyl groups is 1. The number of piperidine rings is 1. The number of phenolic OH excluding ortho intramolecular Hbond substituents is 1. The van der Waals surface area contributed by atoms with E-state index in [0.717, 1.165) is 38.0 Å². The molecule has 9 heteroatoms. The Morgan fingerprint density at radius 2 is 2.09 bits per heavy atom. The molecule has 2 heterocycles. The Hall–Kier alpha value is -2.65.